The van der Waals surface area contributed by atoms with Gasteiger partial charge in [-0.1, -0.05) is 12.8 Å². The van der Waals surface area contributed by atoms with Crippen molar-refractivity contribution in [1.29, 1.82) is 0 Å². The average molecular weight is 779 g/mol. The summed E-state index contributed by atoms with van der Waals surface area (Å²) < 4.78 is 128. The molecular formula is C36H31F9N8O2. The molecule has 1 aliphatic rings. The second kappa shape index (κ2) is 14.5. The Bertz CT molecular complexity index is 2300. The lowest BCUT2D eigenvalue weighted by molar-refractivity contribution is -0.123. The van der Waals surface area contributed by atoms with E-state index in [0.717, 1.165) is 12.1 Å². The molecule has 1 aromatic carbocycles. The second-order valence-electron chi connectivity index (χ2n) is 13.6. The van der Waals surface area contributed by atoms with Crippen LogP contribution in [0.4, 0.5) is 45.5 Å². The summed E-state index contributed by atoms with van der Waals surface area (Å²) in [6, 6.07) is 7.11. The lowest BCUT2D eigenvalue weighted by Crippen LogP contribution is -2.35. The van der Waals surface area contributed by atoms with Gasteiger partial charge in [-0.15, -0.1) is 10.2 Å². The van der Waals surface area contributed by atoms with Crippen LogP contribution in [0.15, 0.2) is 48.7 Å². The molecule has 0 spiro atoms. The van der Waals surface area contributed by atoms with Crippen LogP contribution in [0.3, 0.4) is 0 Å². The molecule has 0 saturated carbocycles. The van der Waals surface area contributed by atoms with Gasteiger partial charge in [0, 0.05) is 35.4 Å². The van der Waals surface area contributed by atoms with Gasteiger partial charge in [-0.3, -0.25) is 13.9 Å². The van der Waals surface area contributed by atoms with Crippen molar-refractivity contribution in [1.82, 2.24) is 34.7 Å². The summed E-state index contributed by atoms with van der Waals surface area (Å²) in [7, 11) is 0. The number of aromatic nitrogens is 6. The van der Waals surface area contributed by atoms with Crippen molar-refractivity contribution >= 4 is 17.5 Å². The summed E-state index contributed by atoms with van der Waals surface area (Å²) in [6.07, 6.45) is -7.58. The molecule has 0 fully saturated rings. The van der Waals surface area contributed by atoms with E-state index >= 15 is 8.78 Å². The van der Waals surface area contributed by atoms with Crippen LogP contribution in [0.25, 0.3) is 16.8 Å². The highest BCUT2D eigenvalue weighted by Gasteiger charge is 2.50. The standard InChI is InChI=1S/C36H31F9N8O2/c1-18-15-35(41,42)30-27(18)29(31(39)40)51-53(30)16-26(54)48-25(13-19-11-20(37)14-21(38)12-19)28-23(7-6-22(47-28)8-9-34(2,3)55)24-5-4-10-52-32(24)49-50-33(52)46-17-36(43,44)45/h4-7,10-12,14,18,25,31,55H,13,15-17H2,1-3H3,(H,46,50)(H,48,54)/t18-,25-/m0/s1. The third-order valence-corrected chi connectivity index (χ3v) is 8.54. The molecule has 0 radical (unpaired) electrons. The first kappa shape index (κ1) is 39.1. The number of fused-ring (bicyclic) bond motifs is 2. The first-order valence-electron chi connectivity index (χ1n) is 16.6. The number of nitrogens with zero attached hydrogens (tertiary/aromatic N) is 6. The normalized spacial score (nSPS) is 15.9. The molecular weight excluding hydrogens is 747 g/mol. The molecule has 0 saturated heterocycles. The van der Waals surface area contributed by atoms with Gasteiger partial charge in [0.25, 0.3) is 12.3 Å². The highest BCUT2D eigenvalue weighted by Crippen LogP contribution is 2.51. The number of anilines is 1. The van der Waals surface area contributed by atoms with E-state index < -0.39 is 84.5 Å². The number of nitrogens with one attached hydrogen (secondary N) is 2. The predicted molar refractivity (Wildman–Crippen MR) is 179 cm³/mol. The Morgan fingerprint density at radius 1 is 1.05 bits per heavy atom. The van der Waals surface area contributed by atoms with E-state index in [1.165, 1.54) is 55.6 Å². The molecule has 0 unspecified atom stereocenters. The molecule has 1 aliphatic carbocycles. The van der Waals surface area contributed by atoms with Crippen molar-refractivity contribution in [3.8, 4) is 23.0 Å². The number of rotatable bonds is 10. The van der Waals surface area contributed by atoms with Crippen molar-refractivity contribution in [2.45, 2.75) is 76.2 Å². The second-order valence-corrected chi connectivity index (χ2v) is 13.6. The maximum Gasteiger partial charge on any atom is 0.405 e. The predicted octanol–water partition coefficient (Wildman–Crippen LogP) is 7.00. The van der Waals surface area contributed by atoms with Crippen molar-refractivity contribution in [2.24, 2.45) is 0 Å². The smallest absolute Gasteiger partial charge is 0.378 e. The quantitative estimate of drug-likeness (QED) is 0.103. The molecule has 4 heterocycles. The highest BCUT2D eigenvalue weighted by atomic mass is 19.4. The van der Waals surface area contributed by atoms with Gasteiger partial charge in [0.1, 0.15) is 47.4 Å². The Morgan fingerprint density at radius 3 is 2.42 bits per heavy atom. The Labute approximate surface area is 306 Å². The van der Waals surface area contributed by atoms with Gasteiger partial charge in [-0.2, -0.15) is 27.1 Å². The lowest BCUT2D eigenvalue weighted by Gasteiger charge is -2.23. The minimum atomic E-state index is -4.59. The molecule has 1 amide bonds. The molecule has 3 N–H and O–H groups in total. The molecule has 19 heteroatoms. The first-order chi connectivity index (χ1) is 25.7. The molecule has 4 aromatic heterocycles. The van der Waals surface area contributed by atoms with Gasteiger partial charge in [-0.25, -0.2) is 22.5 Å². The zero-order valence-electron chi connectivity index (χ0n) is 29.1. The Morgan fingerprint density at radius 2 is 1.76 bits per heavy atom. The summed E-state index contributed by atoms with van der Waals surface area (Å²) in [5.74, 6) is -2.49. The number of aliphatic hydroxyl groups is 1. The summed E-state index contributed by atoms with van der Waals surface area (Å²) >= 11 is 0. The fourth-order valence-electron chi connectivity index (χ4n) is 6.46. The SMILES string of the molecule is C[C@H]1CC(F)(F)c2c1c(C(F)F)nn2CC(=O)N[C@@H](Cc1cc(F)cc(F)c1)c1nc(C#CC(C)(C)O)ccc1-c1cccn2c(NCC(F)(F)F)nnc12. The van der Waals surface area contributed by atoms with E-state index in [2.05, 4.69) is 42.8 Å². The molecule has 0 bridgehead atoms. The van der Waals surface area contributed by atoms with Crippen LogP contribution in [0, 0.1) is 23.5 Å². The number of hydrogen-bond acceptors (Lipinski definition) is 7. The summed E-state index contributed by atoms with van der Waals surface area (Å²) in [6.45, 7) is 1.76. The molecule has 0 aliphatic heterocycles. The van der Waals surface area contributed by atoms with Gasteiger partial charge in [0.15, 0.2) is 5.65 Å². The minimum Gasteiger partial charge on any atom is -0.378 e. The van der Waals surface area contributed by atoms with Crippen LogP contribution < -0.4 is 10.6 Å². The fraction of sp³-hybridized carbons (Fsp3) is 0.361. The zero-order chi connectivity index (χ0) is 40.0. The number of benzene rings is 1. The largest absolute Gasteiger partial charge is 0.405 e. The van der Waals surface area contributed by atoms with E-state index in [-0.39, 0.29) is 51.7 Å². The molecule has 55 heavy (non-hydrogen) atoms. The van der Waals surface area contributed by atoms with E-state index in [1.54, 1.807) is 0 Å². The topological polar surface area (TPSA) is 122 Å². The van der Waals surface area contributed by atoms with E-state index in [9.17, 15) is 40.6 Å². The summed E-state index contributed by atoms with van der Waals surface area (Å²) in [5.41, 5.74) is -3.14. The van der Waals surface area contributed by atoms with Gasteiger partial charge in [-0.05, 0) is 74.1 Å². The van der Waals surface area contributed by atoms with Crippen molar-refractivity contribution in [3.63, 3.8) is 0 Å². The number of carbonyl (C=O) groups excluding carboxylic acids is 1. The number of pyridine rings is 2. The van der Waals surface area contributed by atoms with Crippen LogP contribution in [-0.4, -0.2) is 58.7 Å². The third kappa shape index (κ3) is 8.69. The van der Waals surface area contributed by atoms with Crippen LogP contribution in [0.5, 0.6) is 0 Å². The van der Waals surface area contributed by atoms with Crippen LogP contribution in [-0.2, 0) is 23.7 Å². The maximum atomic E-state index is 15.1. The number of alkyl halides is 7. The summed E-state index contributed by atoms with van der Waals surface area (Å²) in [5, 5.41) is 26.6. The molecule has 2 atom stereocenters. The monoisotopic (exact) mass is 778 g/mol. The molecule has 6 rings (SSSR count). The van der Waals surface area contributed by atoms with Gasteiger partial charge in [0.05, 0.1) is 11.7 Å². The van der Waals surface area contributed by atoms with Crippen LogP contribution >= 0.6 is 0 Å². The Balaban J connectivity index is 1.48. The Kier molecular flexibility index (Phi) is 10.3. The molecule has 290 valence electrons. The van der Waals surface area contributed by atoms with Crippen molar-refractivity contribution < 1.29 is 49.4 Å². The number of halogens is 9. The lowest BCUT2D eigenvalue weighted by atomic mass is 9.95. The highest BCUT2D eigenvalue weighted by molar-refractivity contribution is 5.81. The molecule has 10 nitrogen and oxygen atoms in total. The van der Waals surface area contributed by atoms with Crippen LogP contribution in [0.1, 0.15) is 79.5 Å². The zero-order valence-corrected chi connectivity index (χ0v) is 29.1. The summed E-state index contributed by atoms with van der Waals surface area (Å²) in [4.78, 5) is 18.4. The van der Waals surface area contributed by atoms with Gasteiger partial charge < -0.3 is 15.7 Å². The average Bonchev–Trinajstić information content (AvgIpc) is 3.73. The Hall–Kier alpha value is -5.64. The van der Waals surface area contributed by atoms with Crippen molar-refractivity contribution in [2.75, 3.05) is 11.9 Å². The van der Waals surface area contributed by atoms with Crippen molar-refractivity contribution in [3.05, 3.63) is 94.2 Å². The first-order valence-corrected chi connectivity index (χ1v) is 16.6. The van der Waals surface area contributed by atoms with E-state index in [0.29, 0.717) is 10.7 Å². The number of carbonyl (C=O) groups is 1. The maximum absolute atomic E-state index is 15.1. The number of hydrogen-bond donors (Lipinski definition) is 3. The van der Waals surface area contributed by atoms with Gasteiger partial charge in [0.2, 0.25) is 11.9 Å². The fourth-order valence-corrected chi connectivity index (χ4v) is 6.46. The number of amides is 1. The minimum absolute atomic E-state index is 0.00294. The third-order valence-electron chi connectivity index (χ3n) is 8.54. The van der Waals surface area contributed by atoms with Gasteiger partial charge >= 0.3 is 6.18 Å². The van der Waals surface area contributed by atoms with E-state index in [4.69, 9.17) is 0 Å². The molecule has 5 aromatic rings. The van der Waals surface area contributed by atoms with E-state index in [1.807, 2.05) is 0 Å². The van der Waals surface area contributed by atoms with Crippen LogP contribution in [0.2, 0.25) is 0 Å².